The molecule has 86 valence electrons. The van der Waals surface area contributed by atoms with Gasteiger partial charge in [-0.3, -0.25) is 4.79 Å². The van der Waals surface area contributed by atoms with Gasteiger partial charge >= 0.3 is 5.97 Å². The number of hydrogen-bond acceptors (Lipinski definition) is 2. The third-order valence-electron chi connectivity index (χ3n) is 4.12. The van der Waals surface area contributed by atoms with Crippen molar-refractivity contribution in [2.45, 2.75) is 51.2 Å². The summed E-state index contributed by atoms with van der Waals surface area (Å²) in [6.07, 6.45) is 6.31. The summed E-state index contributed by atoms with van der Waals surface area (Å²) in [5.74, 6) is -0.112. The molecule has 2 fully saturated rings. The maximum atomic E-state index is 11.1. The van der Waals surface area contributed by atoms with E-state index in [0.29, 0.717) is 6.04 Å². The zero-order chi connectivity index (χ0) is 10.9. The average Bonchev–Trinajstić information content (AvgIpc) is 2.16. The minimum atomic E-state index is -0.112. The van der Waals surface area contributed by atoms with Crippen LogP contribution in [0.2, 0.25) is 0 Å². The minimum absolute atomic E-state index is 0.112. The normalized spacial score (nSPS) is 40.7. The van der Waals surface area contributed by atoms with E-state index in [9.17, 15) is 4.79 Å². The molecule has 3 atom stereocenters. The topological polar surface area (TPSA) is 26.3 Å². The van der Waals surface area contributed by atoms with Crippen LogP contribution in [0.25, 0.3) is 0 Å². The van der Waals surface area contributed by atoms with Crippen molar-refractivity contribution in [3.8, 4) is 0 Å². The van der Waals surface area contributed by atoms with E-state index in [0.717, 1.165) is 10.9 Å². The number of likely N-dealkylation sites (N-methyl/N-ethyl adjacent to an activating group) is 1. The summed E-state index contributed by atoms with van der Waals surface area (Å²) in [7, 11) is 2.33. The van der Waals surface area contributed by atoms with Crippen LogP contribution >= 0.6 is 0 Å². The van der Waals surface area contributed by atoms with E-state index in [1.807, 2.05) is 0 Å². The number of piperidine rings is 2. The number of nitrogens with zero attached hydrogens (tertiary/aromatic N) is 1. The van der Waals surface area contributed by atoms with Gasteiger partial charge in [-0.25, -0.2) is 0 Å². The number of ether oxygens (including phenoxy) is 1. The second-order valence-electron chi connectivity index (χ2n) is 5.28. The molecule has 2 aliphatic heterocycles. The van der Waals surface area contributed by atoms with Crippen LogP contribution in [-0.2, 0) is 9.53 Å². The van der Waals surface area contributed by atoms with Gasteiger partial charge in [-0.2, -0.15) is 0 Å². The molecule has 0 radical (unpaired) electrons. The van der Waals surface area contributed by atoms with E-state index in [4.69, 9.17) is 4.74 Å². The first-order chi connectivity index (χ1) is 7.12. The molecule has 0 saturated carbocycles. The molecule has 0 aromatic carbocycles. The zero-order valence-corrected chi connectivity index (χ0v) is 9.87. The van der Waals surface area contributed by atoms with Gasteiger partial charge in [0.1, 0.15) is 6.04 Å². The van der Waals surface area contributed by atoms with E-state index in [1.165, 1.54) is 45.7 Å². The van der Waals surface area contributed by atoms with Crippen molar-refractivity contribution in [3.05, 3.63) is 0 Å². The Bertz CT molecular complexity index is 250. The maximum Gasteiger partial charge on any atom is 0.303 e. The number of carbonyl (C=O) groups excluding carboxylic acids is 1. The Hall–Kier alpha value is -0.570. The summed E-state index contributed by atoms with van der Waals surface area (Å²) < 4.78 is 6.61. The van der Waals surface area contributed by atoms with Crippen molar-refractivity contribution in [2.75, 3.05) is 20.1 Å². The third kappa shape index (κ3) is 2.17. The quantitative estimate of drug-likeness (QED) is 0.488. The second kappa shape index (κ2) is 4.12. The van der Waals surface area contributed by atoms with Crippen LogP contribution in [0.1, 0.15) is 39.0 Å². The highest BCUT2D eigenvalue weighted by molar-refractivity contribution is 5.66. The standard InChI is InChI=1S/C12H22NO2/c1-10(14)15-12-7-5-9-13(2)8-4-3-6-11(12)13/h11-12H,3-9H2,1-2H3/q+1. The van der Waals surface area contributed by atoms with Crippen LogP contribution in [0.5, 0.6) is 0 Å². The fourth-order valence-corrected chi connectivity index (χ4v) is 3.37. The first kappa shape index (κ1) is 10.9. The Balaban J connectivity index is 2.08. The number of hydrogen-bond donors (Lipinski definition) is 0. The van der Waals surface area contributed by atoms with Crippen LogP contribution in [0.3, 0.4) is 0 Å². The van der Waals surface area contributed by atoms with Gasteiger partial charge < -0.3 is 9.22 Å². The maximum absolute atomic E-state index is 11.1. The minimum Gasteiger partial charge on any atom is -0.456 e. The molecule has 15 heavy (non-hydrogen) atoms. The second-order valence-corrected chi connectivity index (χ2v) is 5.28. The van der Waals surface area contributed by atoms with Crippen LogP contribution in [0.15, 0.2) is 0 Å². The highest BCUT2D eigenvalue weighted by atomic mass is 16.5. The van der Waals surface area contributed by atoms with E-state index in [2.05, 4.69) is 7.05 Å². The molecule has 0 spiro atoms. The molecule has 0 bridgehead atoms. The number of fused-ring (bicyclic) bond motifs is 1. The fourth-order valence-electron chi connectivity index (χ4n) is 3.37. The van der Waals surface area contributed by atoms with E-state index in [1.54, 1.807) is 0 Å². The van der Waals surface area contributed by atoms with Crippen molar-refractivity contribution < 1.29 is 14.0 Å². The molecule has 0 amide bonds. The highest BCUT2D eigenvalue weighted by Crippen LogP contribution is 2.33. The summed E-state index contributed by atoms with van der Waals surface area (Å²) in [6, 6.07) is 0.566. The van der Waals surface area contributed by atoms with Crippen molar-refractivity contribution in [1.29, 1.82) is 0 Å². The average molecular weight is 212 g/mol. The predicted molar refractivity (Wildman–Crippen MR) is 58.3 cm³/mol. The number of rotatable bonds is 1. The van der Waals surface area contributed by atoms with Crippen molar-refractivity contribution in [2.24, 2.45) is 0 Å². The van der Waals surface area contributed by atoms with Gasteiger partial charge in [0, 0.05) is 19.8 Å². The summed E-state index contributed by atoms with van der Waals surface area (Å²) in [4.78, 5) is 11.1. The largest absolute Gasteiger partial charge is 0.456 e. The van der Waals surface area contributed by atoms with Crippen molar-refractivity contribution in [3.63, 3.8) is 0 Å². The molecular formula is C12H22NO2+. The third-order valence-corrected chi connectivity index (χ3v) is 4.12. The molecule has 0 N–H and O–H groups in total. The summed E-state index contributed by atoms with van der Waals surface area (Å²) in [6.45, 7) is 4.06. The van der Waals surface area contributed by atoms with Crippen LogP contribution in [0.4, 0.5) is 0 Å². The molecule has 3 heteroatoms. The Morgan fingerprint density at radius 2 is 1.93 bits per heavy atom. The van der Waals surface area contributed by atoms with Crippen molar-refractivity contribution >= 4 is 5.97 Å². The summed E-state index contributed by atoms with van der Waals surface area (Å²) in [5.41, 5.74) is 0. The molecular weight excluding hydrogens is 190 g/mol. The highest BCUT2D eigenvalue weighted by Gasteiger charge is 2.44. The van der Waals surface area contributed by atoms with Gasteiger partial charge in [0.15, 0.2) is 6.10 Å². The first-order valence-electron chi connectivity index (χ1n) is 6.13. The van der Waals surface area contributed by atoms with Gasteiger partial charge in [-0.05, 0) is 19.3 Å². The lowest BCUT2D eigenvalue weighted by Gasteiger charge is -2.50. The number of quaternary nitrogens is 1. The molecule has 0 aromatic heterocycles. The van der Waals surface area contributed by atoms with Crippen LogP contribution < -0.4 is 0 Å². The van der Waals surface area contributed by atoms with E-state index < -0.39 is 0 Å². The predicted octanol–water partition coefficient (Wildman–Crippen LogP) is 1.71. The van der Waals surface area contributed by atoms with E-state index >= 15 is 0 Å². The van der Waals surface area contributed by atoms with Crippen molar-refractivity contribution in [1.82, 2.24) is 0 Å². The lowest BCUT2D eigenvalue weighted by Crippen LogP contribution is -2.63. The van der Waals surface area contributed by atoms with Gasteiger partial charge in [0.05, 0.1) is 20.1 Å². The first-order valence-corrected chi connectivity index (χ1v) is 6.13. The Morgan fingerprint density at radius 1 is 1.20 bits per heavy atom. The molecule has 2 saturated heterocycles. The van der Waals surface area contributed by atoms with Gasteiger partial charge in [0.25, 0.3) is 0 Å². The van der Waals surface area contributed by atoms with Crippen LogP contribution in [0, 0.1) is 0 Å². The SMILES string of the molecule is CC(=O)OC1CCC[N+]2(C)CCCCC12. The molecule has 2 aliphatic rings. The summed E-state index contributed by atoms with van der Waals surface area (Å²) >= 11 is 0. The Morgan fingerprint density at radius 3 is 2.67 bits per heavy atom. The lowest BCUT2D eigenvalue weighted by molar-refractivity contribution is -0.946. The number of esters is 1. The molecule has 2 rings (SSSR count). The molecule has 0 aromatic rings. The molecule has 3 nitrogen and oxygen atoms in total. The Labute approximate surface area is 92.0 Å². The fraction of sp³-hybridized carbons (Fsp3) is 0.917. The van der Waals surface area contributed by atoms with Gasteiger partial charge in [0.2, 0.25) is 0 Å². The number of carbonyl (C=O) groups is 1. The van der Waals surface area contributed by atoms with E-state index in [-0.39, 0.29) is 12.1 Å². The summed E-state index contributed by atoms with van der Waals surface area (Å²) in [5, 5.41) is 0. The Kier molecular flexibility index (Phi) is 3.01. The molecule has 3 unspecified atom stereocenters. The molecule has 0 aliphatic carbocycles. The smallest absolute Gasteiger partial charge is 0.303 e. The molecule has 2 heterocycles. The van der Waals surface area contributed by atoms with Crippen LogP contribution in [-0.4, -0.2) is 42.7 Å². The zero-order valence-electron chi connectivity index (χ0n) is 9.87. The van der Waals surface area contributed by atoms with Gasteiger partial charge in [-0.1, -0.05) is 0 Å². The monoisotopic (exact) mass is 212 g/mol. The van der Waals surface area contributed by atoms with Gasteiger partial charge in [-0.15, -0.1) is 0 Å². The lowest BCUT2D eigenvalue weighted by atomic mass is 9.88.